The van der Waals surface area contributed by atoms with Gasteiger partial charge in [0.15, 0.2) is 5.16 Å². The van der Waals surface area contributed by atoms with E-state index in [0.717, 1.165) is 27.8 Å². The monoisotopic (exact) mass is 414 g/mol. The lowest BCUT2D eigenvalue weighted by Gasteiger charge is -2.17. The van der Waals surface area contributed by atoms with Crippen molar-refractivity contribution in [3.8, 4) is 5.69 Å². The fourth-order valence-electron chi connectivity index (χ4n) is 2.86. The molecule has 0 spiro atoms. The van der Waals surface area contributed by atoms with Crippen molar-refractivity contribution < 1.29 is 4.79 Å². The van der Waals surface area contributed by atoms with E-state index in [1.54, 1.807) is 11.9 Å². The van der Waals surface area contributed by atoms with Gasteiger partial charge in [-0.25, -0.2) is 0 Å². The van der Waals surface area contributed by atoms with Crippen molar-refractivity contribution in [3.63, 3.8) is 0 Å². The maximum Gasteiger partial charge on any atom is 0.233 e. The summed E-state index contributed by atoms with van der Waals surface area (Å²) in [5, 5.41) is 9.91. The molecule has 28 heavy (non-hydrogen) atoms. The molecule has 0 bridgehead atoms. The number of benzene rings is 2. The van der Waals surface area contributed by atoms with E-state index < -0.39 is 0 Å². The Morgan fingerprint density at radius 2 is 1.82 bits per heavy atom. The largest absolute Gasteiger partial charge is 0.341 e. The highest BCUT2D eigenvalue weighted by atomic mass is 35.5. The molecule has 0 saturated heterocycles. The summed E-state index contributed by atoms with van der Waals surface area (Å²) in [4.78, 5) is 14.3. The molecule has 1 heterocycles. The summed E-state index contributed by atoms with van der Waals surface area (Å²) in [6, 6.07) is 13.8. The molecule has 0 aliphatic carbocycles. The van der Waals surface area contributed by atoms with Crippen LogP contribution in [0.1, 0.15) is 22.5 Å². The number of hydrogen-bond donors (Lipinski definition) is 0. The number of thioether (sulfide) groups is 1. The molecule has 0 atom stereocenters. The van der Waals surface area contributed by atoms with Gasteiger partial charge in [-0.15, -0.1) is 10.2 Å². The van der Waals surface area contributed by atoms with Gasteiger partial charge < -0.3 is 4.90 Å². The van der Waals surface area contributed by atoms with E-state index in [-0.39, 0.29) is 5.91 Å². The molecule has 0 radical (unpaired) electrons. The summed E-state index contributed by atoms with van der Waals surface area (Å²) in [6.07, 6.45) is 0. The second-order valence-corrected chi connectivity index (χ2v) is 8.20. The van der Waals surface area contributed by atoms with Crippen LogP contribution in [-0.4, -0.2) is 38.4 Å². The molecule has 3 aromatic rings. The van der Waals surface area contributed by atoms with Gasteiger partial charge in [0.2, 0.25) is 5.91 Å². The average molecular weight is 415 g/mol. The Hall–Kier alpha value is -2.31. The molecule has 0 unspecified atom stereocenters. The summed E-state index contributed by atoms with van der Waals surface area (Å²) in [6.45, 7) is 6.59. The molecule has 0 N–H and O–H groups in total. The van der Waals surface area contributed by atoms with Crippen LogP contribution in [0.15, 0.2) is 47.6 Å². The molecule has 2 aromatic carbocycles. The molecule has 5 nitrogen and oxygen atoms in total. The first-order chi connectivity index (χ1) is 13.3. The van der Waals surface area contributed by atoms with Crippen LogP contribution >= 0.6 is 23.4 Å². The Morgan fingerprint density at radius 3 is 2.54 bits per heavy atom. The molecule has 3 rings (SSSR count). The SMILES string of the molecule is Cc1ccc(C)c(-n2c(C)nnc2SCC(=O)N(C)Cc2ccc(Cl)cc2)c1. The Labute approximate surface area is 174 Å². The summed E-state index contributed by atoms with van der Waals surface area (Å²) >= 11 is 7.32. The number of hydrogen-bond acceptors (Lipinski definition) is 4. The number of rotatable bonds is 6. The van der Waals surface area contributed by atoms with Crippen molar-refractivity contribution in [2.75, 3.05) is 12.8 Å². The highest BCUT2D eigenvalue weighted by Gasteiger charge is 2.16. The third-order valence-electron chi connectivity index (χ3n) is 4.48. The molecule has 0 saturated carbocycles. The fraction of sp³-hybridized carbons (Fsp3) is 0.286. The minimum absolute atomic E-state index is 0.0353. The van der Waals surface area contributed by atoms with Crippen LogP contribution in [0.25, 0.3) is 5.69 Å². The van der Waals surface area contributed by atoms with Crippen LogP contribution in [0.5, 0.6) is 0 Å². The van der Waals surface area contributed by atoms with Gasteiger partial charge in [0.25, 0.3) is 0 Å². The van der Waals surface area contributed by atoms with Gasteiger partial charge in [0.05, 0.1) is 11.4 Å². The van der Waals surface area contributed by atoms with Gasteiger partial charge in [-0.3, -0.25) is 9.36 Å². The average Bonchev–Trinajstić information content (AvgIpc) is 3.04. The lowest BCUT2D eigenvalue weighted by atomic mass is 10.1. The van der Waals surface area contributed by atoms with Gasteiger partial charge in [-0.2, -0.15) is 0 Å². The smallest absolute Gasteiger partial charge is 0.233 e. The van der Waals surface area contributed by atoms with Crippen molar-refractivity contribution in [2.24, 2.45) is 0 Å². The minimum atomic E-state index is 0.0353. The van der Waals surface area contributed by atoms with Gasteiger partial charge in [-0.05, 0) is 55.7 Å². The maximum atomic E-state index is 12.6. The molecular weight excluding hydrogens is 392 g/mol. The van der Waals surface area contributed by atoms with Crippen LogP contribution in [0.2, 0.25) is 5.02 Å². The molecule has 1 aromatic heterocycles. The molecule has 1 amide bonds. The van der Waals surface area contributed by atoms with Crippen molar-refractivity contribution in [2.45, 2.75) is 32.5 Å². The number of carbonyl (C=O) groups excluding carboxylic acids is 1. The Balaban J connectivity index is 1.70. The first-order valence-corrected chi connectivity index (χ1v) is 10.3. The standard InChI is InChI=1S/C21H23ClN4OS/c1-14-5-6-15(2)19(11-14)26-16(3)23-24-21(26)28-13-20(27)25(4)12-17-7-9-18(22)10-8-17/h5-11H,12-13H2,1-4H3. The van der Waals surface area contributed by atoms with Gasteiger partial charge >= 0.3 is 0 Å². The molecule has 0 fully saturated rings. The zero-order valence-corrected chi connectivity index (χ0v) is 18.0. The van der Waals surface area contributed by atoms with Gasteiger partial charge in [0.1, 0.15) is 5.82 Å². The number of nitrogens with zero attached hydrogens (tertiary/aromatic N) is 4. The van der Waals surface area contributed by atoms with E-state index in [9.17, 15) is 4.79 Å². The Bertz CT molecular complexity index is 985. The number of aryl methyl sites for hydroxylation is 3. The van der Waals surface area contributed by atoms with E-state index in [1.807, 2.05) is 35.8 Å². The normalized spacial score (nSPS) is 10.9. The molecule has 0 aliphatic rings. The minimum Gasteiger partial charge on any atom is -0.341 e. The maximum absolute atomic E-state index is 12.6. The van der Waals surface area contributed by atoms with E-state index in [0.29, 0.717) is 17.3 Å². The van der Waals surface area contributed by atoms with E-state index in [2.05, 4.69) is 42.2 Å². The highest BCUT2D eigenvalue weighted by molar-refractivity contribution is 7.99. The van der Waals surface area contributed by atoms with Gasteiger partial charge in [-0.1, -0.05) is 47.6 Å². The lowest BCUT2D eigenvalue weighted by molar-refractivity contribution is -0.127. The zero-order valence-electron chi connectivity index (χ0n) is 16.4. The predicted molar refractivity (Wildman–Crippen MR) is 114 cm³/mol. The molecule has 146 valence electrons. The van der Waals surface area contributed by atoms with Crippen LogP contribution < -0.4 is 0 Å². The van der Waals surface area contributed by atoms with Crippen LogP contribution in [0, 0.1) is 20.8 Å². The number of aromatic nitrogens is 3. The van der Waals surface area contributed by atoms with Gasteiger partial charge in [0, 0.05) is 18.6 Å². The Kier molecular flexibility index (Phi) is 6.42. The van der Waals surface area contributed by atoms with E-state index in [1.165, 1.54) is 17.3 Å². The highest BCUT2D eigenvalue weighted by Crippen LogP contribution is 2.25. The topological polar surface area (TPSA) is 51.0 Å². The molecular formula is C21H23ClN4OS. The molecule has 0 aliphatic heterocycles. The van der Waals surface area contributed by atoms with Crippen LogP contribution in [-0.2, 0) is 11.3 Å². The number of carbonyl (C=O) groups is 1. The summed E-state index contributed by atoms with van der Waals surface area (Å²) in [5.41, 5.74) is 4.40. The first-order valence-electron chi connectivity index (χ1n) is 8.96. The van der Waals surface area contributed by atoms with E-state index >= 15 is 0 Å². The van der Waals surface area contributed by atoms with Crippen molar-refractivity contribution >= 4 is 29.3 Å². The first kappa shape index (κ1) is 20.4. The fourth-order valence-corrected chi connectivity index (χ4v) is 3.92. The van der Waals surface area contributed by atoms with Crippen molar-refractivity contribution in [1.82, 2.24) is 19.7 Å². The zero-order chi connectivity index (χ0) is 20.3. The van der Waals surface area contributed by atoms with Crippen molar-refractivity contribution in [3.05, 3.63) is 70.0 Å². The molecule has 7 heteroatoms. The number of amides is 1. The second kappa shape index (κ2) is 8.80. The van der Waals surface area contributed by atoms with Crippen LogP contribution in [0.3, 0.4) is 0 Å². The predicted octanol–water partition coefficient (Wildman–Crippen LogP) is 4.60. The summed E-state index contributed by atoms with van der Waals surface area (Å²) in [7, 11) is 1.80. The summed E-state index contributed by atoms with van der Waals surface area (Å²) in [5.74, 6) is 1.14. The lowest BCUT2D eigenvalue weighted by Crippen LogP contribution is -2.27. The third-order valence-corrected chi connectivity index (χ3v) is 5.65. The quantitative estimate of drug-likeness (QED) is 0.553. The second-order valence-electron chi connectivity index (χ2n) is 6.82. The third kappa shape index (κ3) is 4.75. The Morgan fingerprint density at radius 1 is 1.11 bits per heavy atom. The van der Waals surface area contributed by atoms with Crippen molar-refractivity contribution in [1.29, 1.82) is 0 Å². The summed E-state index contributed by atoms with van der Waals surface area (Å²) < 4.78 is 2.01. The number of halogens is 1. The van der Waals surface area contributed by atoms with Crippen LogP contribution in [0.4, 0.5) is 0 Å². The van der Waals surface area contributed by atoms with E-state index in [4.69, 9.17) is 11.6 Å².